The van der Waals surface area contributed by atoms with E-state index in [1.807, 2.05) is 0 Å². The Morgan fingerprint density at radius 3 is 2.24 bits per heavy atom. The van der Waals surface area contributed by atoms with Crippen LogP contribution in [0.15, 0.2) is 30.3 Å². The Balaban J connectivity index is 1.66. The molecule has 0 aromatic heterocycles. The van der Waals surface area contributed by atoms with E-state index in [1.165, 1.54) is 56.9 Å². The van der Waals surface area contributed by atoms with Gasteiger partial charge < -0.3 is 0 Å². The Hall–Kier alpha value is -1.04. The zero-order chi connectivity index (χ0) is 14.7. The van der Waals surface area contributed by atoms with Crippen molar-refractivity contribution < 1.29 is 0 Å². The van der Waals surface area contributed by atoms with Gasteiger partial charge in [-0.25, -0.2) is 0 Å². The summed E-state index contributed by atoms with van der Waals surface area (Å²) in [5.41, 5.74) is 4.63. The maximum Gasteiger partial charge on any atom is -0.0162 e. The summed E-state index contributed by atoms with van der Waals surface area (Å²) in [5.74, 6) is 2.69. The number of hydrogen-bond acceptors (Lipinski definition) is 0. The van der Waals surface area contributed by atoms with E-state index in [9.17, 15) is 0 Å². The Kier molecular flexibility index (Phi) is 4.83. The number of hydrogen-bond donors (Lipinski definition) is 0. The van der Waals surface area contributed by atoms with Crippen LogP contribution in [0.4, 0.5) is 0 Å². The number of benzene rings is 1. The molecule has 0 bridgehead atoms. The van der Waals surface area contributed by atoms with Gasteiger partial charge in [-0.3, -0.25) is 0 Å². The van der Waals surface area contributed by atoms with Gasteiger partial charge >= 0.3 is 0 Å². The molecule has 3 rings (SSSR count). The molecule has 1 fully saturated rings. The van der Waals surface area contributed by atoms with Crippen molar-refractivity contribution in [1.29, 1.82) is 0 Å². The molecule has 2 aliphatic rings. The van der Waals surface area contributed by atoms with Crippen molar-refractivity contribution in [3.63, 3.8) is 0 Å². The smallest absolute Gasteiger partial charge is 0.0162 e. The van der Waals surface area contributed by atoms with E-state index in [0.29, 0.717) is 0 Å². The SMILES string of the molecule is CCC1CC=C(c2ccc([C@H]3CC[C@H](C)CC3)cc2)CC1. The Morgan fingerprint density at radius 2 is 1.67 bits per heavy atom. The van der Waals surface area contributed by atoms with Crippen molar-refractivity contribution in [2.75, 3.05) is 0 Å². The van der Waals surface area contributed by atoms with Crippen molar-refractivity contribution in [2.24, 2.45) is 11.8 Å². The highest BCUT2D eigenvalue weighted by Crippen LogP contribution is 2.37. The van der Waals surface area contributed by atoms with Gasteiger partial charge in [-0.2, -0.15) is 0 Å². The second-order valence-corrected chi connectivity index (χ2v) is 7.36. The van der Waals surface area contributed by atoms with Crippen molar-refractivity contribution in [2.45, 2.75) is 71.1 Å². The molecule has 0 N–H and O–H groups in total. The van der Waals surface area contributed by atoms with Gasteiger partial charge in [-0.05, 0) is 66.6 Å². The molecule has 0 aliphatic heterocycles. The van der Waals surface area contributed by atoms with E-state index in [-0.39, 0.29) is 0 Å². The van der Waals surface area contributed by atoms with E-state index in [0.717, 1.165) is 17.8 Å². The summed E-state index contributed by atoms with van der Waals surface area (Å²) in [4.78, 5) is 0. The van der Waals surface area contributed by atoms with Crippen LogP contribution in [0.2, 0.25) is 0 Å². The molecule has 1 aromatic rings. The predicted octanol–water partition coefficient (Wildman–Crippen LogP) is 6.57. The Bertz CT molecular complexity index is 471. The standard InChI is InChI=1S/C21H30/c1-3-17-6-10-19(11-7-17)21-14-12-20(13-15-21)18-8-4-16(2)5-9-18/h10,12-18H,3-9,11H2,1-2H3/t16-,17?,18-. The summed E-state index contributed by atoms with van der Waals surface area (Å²) < 4.78 is 0. The van der Waals surface area contributed by atoms with E-state index in [2.05, 4.69) is 44.2 Å². The number of allylic oxidation sites excluding steroid dienone is 2. The van der Waals surface area contributed by atoms with Crippen LogP contribution in [-0.4, -0.2) is 0 Å². The van der Waals surface area contributed by atoms with Crippen LogP contribution >= 0.6 is 0 Å². The van der Waals surface area contributed by atoms with Crippen LogP contribution in [0.1, 0.15) is 82.3 Å². The first-order valence-corrected chi connectivity index (χ1v) is 9.05. The molecule has 1 atom stereocenters. The summed E-state index contributed by atoms with van der Waals surface area (Å²) in [6.45, 7) is 4.72. The molecule has 21 heavy (non-hydrogen) atoms. The van der Waals surface area contributed by atoms with E-state index in [1.54, 1.807) is 11.1 Å². The molecule has 0 saturated heterocycles. The van der Waals surface area contributed by atoms with E-state index < -0.39 is 0 Å². The first-order chi connectivity index (χ1) is 10.3. The molecule has 1 aromatic carbocycles. The minimum Gasteiger partial charge on any atom is -0.0804 e. The molecule has 0 heteroatoms. The Morgan fingerprint density at radius 1 is 0.952 bits per heavy atom. The highest BCUT2D eigenvalue weighted by molar-refractivity contribution is 5.66. The monoisotopic (exact) mass is 282 g/mol. The average molecular weight is 282 g/mol. The van der Waals surface area contributed by atoms with Crippen LogP contribution in [0.25, 0.3) is 5.57 Å². The maximum atomic E-state index is 2.50. The van der Waals surface area contributed by atoms with Gasteiger partial charge in [0.2, 0.25) is 0 Å². The van der Waals surface area contributed by atoms with Crippen LogP contribution in [0, 0.1) is 11.8 Å². The average Bonchev–Trinajstić information content (AvgIpc) is 2.56. The molecule has 0 nitrogen and oxygen atoms in total. The molecule has 1 saturated carbocycles. The molecular formula is C21H30. The predicted molar refractivity (Wildman–Crippen MR) is 92.4 cm³/mol. The molecule has 114 valence electrons. The molecule has 2 aliphatic carbocycles. The minimum absolute atomic E-state index is 0.819. The van der Waals surface area contributed by atoms with E-state index >= 15 is 0 Å². The molecule has 0 spiro atoms. The third-order valence-corrected chi connectivity index (χ3v) is 5.87. The summed E-state index contributed by atoms with van der Waals surface area (Å²) >= 11 is 0. The lowest BCUT2D eigenvalue weighted by Gasteiger charge is -2.27. The fourth-order valence-corrected chi connectivity index (χ4v) is 4.08. The van der Waals surface area contributed by atoms with Gasteiger partial charge in [0.1, 0.15) is 0 Å². The van der Waals surface area contributed by atoms with Crippen LogP contribution in [0.3, 0.4) is 0 Å². The fraction of sp³-hybridized carbons (Fsp3) is 0.619. The van der Waals surface area contributed by atoms with Crippen molar-refractivity contribution in [3.8, 4) is 0 Å². The third kappa shape index (κ3) is 3.59. The summed E-state index contributed by atoms with van der Waals surface area (Å²) in [7, 11) is 0. The summed E-state index contributed by atoms with van der Waals surface area (Å²) in [5, 5.41) is 0. The minimum atomic E-state index is 0.819. The maximum absolute atomic E-state index is 2.50. The van der Waals surface area contributed by atoms with Gasteiger partial charge in [0, 0.05) is 0 Å². The quantitative estimate of drug-likeness (QED) is 0.588. The fourth-order valence-electron chi connectivity index (χ4n) is 4.08. The first-order valence-electron chi connectivity index (χ1n) is 9.05. The third-order valence-electron chi connectivity index (χ3n) is 5.87. The number of rotatable bonds is 3. The largest absolute Gasteiger partial charge is 0.0804 e. The zero-order valence-electron chi connectivity index (χ0n) is 13.8. The highest BCUT2D eigenvalue weighted by Gasteiger charge is 2.20. The van der Waals surface area contributed by atoms with Gasteiger partial charge in [-0.15, -0.1) is 0 Å². The van der Waals surface area contributed by atoms with Crippen molar-refractivity contribution in [3.05, 3.63) is 41.5 Å². The summed E-state index contributed by atoms with van der Waals surface area (Å²) in [6.07, 6.45) is 13.4. The normalized spacial score (nSPS) is 30.0. The van der Waals surface area contributed by atoms with Gasteiger partial charge in [0.15, 0.2) is 0 Å². The molecule has 0 amide bonds. The molecule has 0 heterocycles. The lowest BCUT2D eigenvalue weighted by Crippen LogP contribution is -2.10. The van der Waals surface area contributed by atoms with Gasteiger partial charge in [0.25, 0.3) is 0 Å². The highest BCUT2D eigenvalue weighted by atomic mass is 14.2. The topological polar surface area (TPSA) is 0 Å². The molecule has 1 unspecified atom stereocenters. The molecular weight excluding hydrogens is 252 g/mol. The second-order valence-electron chi connectivity index (χ2n) is 7.36. The second kappa shape index (κ2) is 6.81. The first kappa shape index (κ1) is 14.9. The Labute approximate surface area is 130 Å². The lowest BCUT2D eigenvalue weighted by atomic mass is 9.79. The van der Waals surface area contributed by atoms with Gasteiger partial charge in [-0.1, -0.05) is 63.5 Å². The van der Waals surface area contributed by atoms with Crippen LogP contribution in [-0.2, 0) is 0 Å². The zero-order valence-corrected chi connectivity index (χ0v) is 13.8. The lowest BCUT2D eigenvalue weighted by molar-refractivity contribution is 0.348. The van der Waals surface area contributed by atoms with Crippen LogP contribution in [0.5, 0.6) is 0 Å². The van der Waals surface area contributed by atoms with Crippen LogP contribution < -0.4 is 0 Å². The van der Waals surface area contributed by atoms with Crippen molar-refractivity contribution >= 4 is 5.57 Å². The van der Waals surface area contributed by atoms with Crippen molar-refractivity contribution in [1.82, 2.24) is 0 Å². The summed E-state index contributed by atoms with van der Waals surface area (Å²) in [6, 6.07) is 9.57. The van der Waals surface area contributed by atoms with E-state index in [4.69, 9.17) is 0 Å². The van der Waals surface area contributed by atoms with Gasteiger partial charge in [0.05, 0.1) is 0 Å². The molecule has 0 radical (unpaired) electrons.